The highest BCUT2D eigenvalue weighted by molar-refractivity contribution is 7.22. The first-order valence-corrected chi connectivity index (χ1v) is 16.7. The number of benzene rings is 6. The third-order valence-electron chi connectivity index (χ3n) is 8.54. The molecule has 0 N–H and O–H groups in total. The van der Waals surface area contributed by atoms with Crippen molar-refractivity contribution in [3.8, 4) is 11.1 Å². The highest BCUT2D eigenvalue weighted by atomic mass is 28.3. The third kappa shape index (κ3) is 4.78. The summed E-state index contributed by atoms with van der Waals surface area (Å²) in [4.78, 5) is 9.66. The van der Waals surface area contributed by atoms with Crippen LogP contribution < -0.4 is 20.7 Å². The molecule has 0 saturated heterocycles. The molecule has 3 heteroatoms. The Labute approximate surface area is 254 Å². The van der Waals surface area contributed by atoms with Gasteiger partial charge in [-0.05, 0) is 104 Å². The van der Waals surface area contributed by atoms with E-state index in [-0.39, 0.29) is 0 Å². The van der Waals surface area contributed by atoms with E-state index in [9.17, 15) is 0 Å². The van der Waals surface area contributed by atoms with Crippen LogP contribution >= 0.6 is 0 Å². The van der Waals surface area contributed by atoms with Crippen molar-refractivity contribution in [2.75, 3.05) is 0 Å². The van der Waals surface area contributed by atoms with Crippen LogP contribution in [0, 0.1) is 13.8 Å². The van der Waals surface area contributed by atoms with Crippen molar-refractivity contribution in [3.63, 3.8) is 0 Å². The summed E-state index contributed by atoms with van der Waals surface area (Å²) in [5.74, 6) is 0. The Morgan fingerprint density at radius 1 is 0.442 bits per heavy atom. The first kappa shape index (κ1) is 26.8. The van der Waals surface area contributed by atoms with Gasteiger partial charge in [0.1, 0.15) is 0 Å². The molecular weight excluding hydrogens is 537 g/mol. The van der Waals surface area contributed by atoms with E-state index in [4.69, 9.17) is 9.98 Å². The summed E-state index contributed by atoms with van der Waals surface area (Å²) in [6.45, 7) is 4.43. The molecular formula is C40H32N2Si. The number of rotatable bonds is 6. The quantitative estimate of drug-likeness (QED) is 0.150. The predicted molar refractivity (Wildman–Crippen MR) is 186 cm³/mol. The lowest BCUT2D eigenvalue weighted by Gasteiger charge is -2.32. The summed E-state index contributed by atoms with van der Waals surface area (Å²) in [6, 6.07) is 52.2. The molecule has 0 fully saturated rings. The molecule has 6 aromatic carbocycles. The summed E-state index contributed by atoms with van der Waals surface area (Å²) >= 11 is 0. The van der Waals surface area contributed by atoms with Crippen molar-refractivity contribution >= 4 is 52.6 Å². The fourth-order valence-electron chi connectivity index (χ4n) is 6.42. The smallest absolute Gasteiger partial charge is 0.180 e. The number of nitrogens with zero attached hydrogens (tertiary/aromatic N) is 2. The molecule has 0 spiro atoms. The first-order valence-electron chi connectivity index (χ1n) is 14.7. The molecule has 2 nitrogen and oxygen atoms in total. The van der Waals surface area contributed by atoms with Gasteiger partial charge in [0, 0.05) is 12.4 Å². The van der Waals surface area contributed by atoms with Crippen molar-refractivity contribution in [1.82, 2.24) is 0 Å². The van der Waals surface area contributed by atoms with Crippen LogP contribution in [0.1, 0.15) is 22.3 Å². The molecule has 0 bridgehead atoms. The van der Waals surface area contributed by atoms with Gasteiger partial charge in [0.2, 0.25) is 0 Å². The highest BCUT2D eigenvalue weighted by Crippen LogP contribution is 2.32. The number of aryl methyl sites for hydroxylation is 2. The molecule has 6 aromatic rings. The van der Waals surface area contributed by atoms with Gasteiger partial charge in [0.05, 0.1) is 11.4 Å². The van der Waals surface area contributed by atoms with Crippen molar-refractivity contribution < 1.29 is 0 Å². The van der Waals surface area contributed by atoms with Gasteiger partial charge in [0.15, 0.2) is 8.07 Å². The second-order valence-electron chi connectivity index (χ2n) is 11.2. The molecule has 0 atom stereocenters. The summed E-state index contributed by atoms with van der Waals surface area (Å²) in [5, 5.41) is 5.67. The lowest BCUT2D eigenvalue weighted by atomic mass is 9.97. The molecule has 206 valence electrons. The summed E-state index contributed by atoms with van der Waals surface area (Å²) in [7, 11) is -2.60. The number of hydrogen-bond donors (Lipinski definition) is 0. The molecule has 0 aliphatic carbocycles. The molecule has 1 aliphatic rings. The van der Waals surface area contributed by atoms with Crippen LogP contribution in [-0.2, 0) is 0 Å². The Morgan fingerprint density at radius 2 is 0.791 bits per heavy atom. The Bertz CT molecular complexity index is 1820. The minimum absolute atomic E-state index is 0.954. The van der Waals surface area contributed by atoms with E-state index < -0.39 is 8.07 Å². The van der Waals surface area contributed by atoms with E-state index in [0.717, 1.165) is 22.5 Å². The lowest BCUT2D eigenvalue weighted by molar-refractivity contribution is 1.44. The Kier molecular flexibility index (Phi) is 7.02. The lowest BCUT2D eigenvalue weighted by Crippen LogP contribution is -2.72. The standard InChI is InChI=1S/C40H32N2Si/c1-29-23-39-37(25-31(29)27-41-33-15-7-3-8-16-33)38-26-32(28-42-34-17-9-4-10-18-34)30(2)24-40(38)43(39,35-19-11-5-12-20-35)36-21-13-6-14-22-36/h3-28H,1-2H3. The summed E-state index contributed by atoms with van der Waals surface area (Å²) < 4.78 is 0. The van der Waals surface area contributed by atoms with Crippen molar-refractivity contribution in [3.05, 3.63) is 168 Å². The van der Waals surface area contributed by atoms with Gasteiger partial charge in [-0.15, -0.1) is 0 Å². The normalized spacial score (nSPS) is 13.3. The molecule has 43 heavy (non-hydrogen) atoms. The molecule has 1 heterocycles. The Balaban J connectivity index is 1.50. The summed E-state index contributed by atoms with van der Waals surface area (Å²) in [6.07, 6.45) is 4.03. The first-order chi connectivity index (χ1) is 21.1. The minimum Gasteiger partial charge on any atom is -0.256 e. The minimum atomic E-state index is -2.60. The SMILES string of the molecule is Cc1cc2c(cc1C=Nc1ccccc1)-c1cc(C=Nc3ccccc3)c(C)cc1[Si]2(c1ccccc1)c1ccccc1. The van der Waals surface area contributed by atoms with Crippen LogP contribution in [0.4, 0.5) is 11.4 Å². The van der Waals surface area contributed by atoms with E-state index in [1.165, 1.54) is 43.0 Å². The van der Waals surface area contributed by atoms with Crippen LogP contribution in [0.2, 0.25) is 0 Å². The summed E-state index contributed by atoms with van der Waals surface area (Å²) in [5.41, 5.74) is 9.24. The zero-order chi connectivity index (χ0) is 29.2. The zero-order valence-corrected chi connectivity index (χ0v) is 25.4. The largest absolute Gasteiger partial charge is 0.256 e. The maximum atomic E-state index is 4.83. The fraction of sp³-hybridized carbons (Fsp3) is 0.0500. The second-order valence-corrected chi connectivity index (χ2v) is 14.9. The number of fused-ring (bicyclic) bond motifs is 3. The average molecular weight is 569 g/mol. The highest BCUT2D eigenvalue weighted by Gasteiger charge is 2.49. The van der Waals surface area contributed by atoms with Crippen molar-refractivity contribution in [1.29, 1.82) is 0 Å². The zero-order valence-electron chi connectivity index (χ0n) is 24.4. The van der Waals surface area contributed by atoms with Gasteiger partial charge in [-0.3, -0.25) is 9.98 Å². The third-order valence-corrected chi connectivity index (χ3v) is 13.4. The van der Waals surface area contributed by atoms with E-state index >= 15 is 0 Å². The van der Waals surface area contributed by atoms with E-state index in [0.29, 0.717) is 0 Å². The van der Waals surface area contributed by atoms with Crippen LogP contribution in [0.3, 0.4) is 0 Å². The number of hydrogen-bond acceptors (Lipinski definition) is 2. The molecule has 0 amide bonds. The van der Waals surface area contributed by atoms with Gasteiger partial charge < -0.3 is 0 Å². The molecule has 7 rings (SSSR count). The monoisotopic (exact) mass is 568 g/mol. The molecule has 0 radical (unpaired) electrons. The van der Waals surface area contributed by atoms with E-state index in [1.807, 2.05) is 73.1 Å². The van der Waals surface area contributed by atoms with Crippen LogP contribution in [0.5, 0.6) is 0 Å². The maximum Gasteiger partial charge on any atom is 0.180 e. The number of para-hydroxylation sites is 2. The number of aliphatic imine (C=N–C) groups is 2. The van der Waals surface area contributed by atoms with Gasteiger partial charge in [-0.2, -0.15) is 0 Å². The Morgan fingerprint density at radius 3 is 1.16 bits per heavy atom. The molecule has 0 saturated carbocycles. The van der Waals surface area contributed by atoms with Crippen LogP contribution in [-0.4, -0.2) is 20.5 Å². The van der Waals surface area contributed by atoms with E-state index in [2.05, 4.69) is 98.8 Å². The van der Waals surface area contributed by atoms with E-state index in [1.54, 1.807) is 0 Å². The van der Waals surface area contributed by atoms with Gasteiger partial charge in [-0.1, -0.05) is 109 Å². The van der Waals surface area contributed by atoms with Crippen molar-refractivity contribution in [2.24, 2.45) is 9.98 Å². The topological polar surface area (TPSA) is 24.7 Å². The van der Waals surface area contributed by atoms with Gasteiger partial charge in [0.25, 0.3) is 0 Å². The molecule has 1 aliphatic heterocycles. The molecule has 0 aromatic heterocycles. The van der Waals surface area contributed by atoms with Crippen molar-refractivity contribution in [2.45, 2.75) is 13.8 Å². The Hall–Kier alpha value is -5.12. The van der Waals surface area contributed by atoms with Crippen LogP contribution in [0.25, 0.3) is 11.1 Å². The predicted octanol–water partition coefficient (Wildman–Crippen LogP) is 7.16. The molecule has 0 unspecified atom stereocenters. The van der Waals surface area contributed by atoms with Gasteiger partial charge >= 0.3 is 0 Å². The fourth-order valence-corrected chi connectivity index (χ4v) is 11.8. The second kappa shape index (κ2) is 11.3. The van der Waals surface area contributed by atoms with Crippen LogP contribution in [0.15, 0.2) is 156 Å². The van der Waals surface area contributed by atoms with Gasteiger partial charge in [-0.25, -0.2) is 0 Å². The maximum absolute atomic E-state index is 4.83. The average Bonchev–Trinajstić information content (AvgIpc) is 3.32.